The second-order valence-corrected chi connectivity index (χ2v) is 12.0. The van der Waals surface area contributed by atoms with Crippen molar-refractivity contribution >= 4 is 23.6 Å². The first kappa shape index (κ1) is 25.8. The Labute approximate surface area is 217 Å². The third-order valence-corrected chi connectivity index (χ3v) is 8.36. The van der Waals surface area contributed by atoms with E-state index < -0.39 is 41.4 Å². The molecule has 3 unspecified atom stereocenters. The first-order chi connectivity index (χ1) is 17.5. The van der Waals surface area contributed by atoms with Crippen molar-refractivity contribution in [1.29, 1.82) is 0 Å². The first-order valence-electron chi connectivity index (χ1n) is 13.4. The summed E-state index contributed by atoms with van der Waals surface area (Å²) in [4.78, 5) is 42.3. The molecule has 5 rings (SSSR count). The molecule has 0 radical (unpaired) electrons. The molecule has 3 amide bonds. The number of nitrogens with zero attached hydrogens (tertiary/aromatic N) is 2. The van der Waals surface area contributed by atoms with Gasteiger partial charge in [0.25, 0.3) is 0 Å². The van der Waals surface area contributed by atoms with Gasteiger partial charge in [0.15, 0.2) is 0 Å². The molecule has 10 heteroatoms. The minimum Gasteiger partial charge on any atom is -0.444 e. The number of nitrogens with two attached hydrogens (primary N) is 1. The maximum atomic E-state index is 15.2. The van der Waals surface area contributed by atoms with Gasteiger partial charge in [0.2, 0.25) is 11.8 Å². The van der Waals surface area contributed by atoms with Crippen LogP contribution < -0.4 is 21.3 Å². The summed E-state index contributed by atoms with van der Waals surface area (Å²) < 4.78 is 20.7. The number of rotatable bonds is 6. The number of anilines is 1. The average Bonchev–Trinajstić information content (AvgIpc) is 3.59. The van der Waals surface area contributed by atoms with Gasteiger partial charge in [-0.05, 0) is 76.0 Å². The molecule has 1 aromatic rings. The molecule has 3 saturated heterocycles. The summed E-state index contributed by atoms with van der Waals surface area (Å²) in [6, 6.07) is 3.54. The van der Waals surface area contributed by atoms with Crippen LogP contribution in [0.2, 0.25) is 0 Å². The van der Waals surface area contributed by atoms with E-state index in [1.807, 2.05) is 6.07 Å². The number of piperidine rings is 1. The zero-order valence-electron chi connectivity index (χ0n) is 21.8. The van der Waals surface area contributed by atoms with Crippen molar-refractivity contribution in [2.75, 3.05) is 24.5 Å². The molecule has 4 aliphatic rings. The van der Waals surface area contributed by atoms with Crippen LogP contribution in [0.25, 0.3) is 0 Å². The molecular weight excluding hydrogens is 477 g/mol. The predicted octanol–water partition coefficient (Wildman–Crippen LogP) is 1.92. The molecule has 0 aromatic heterocycles. The van der Waals surface area contributed by atoms with Gasteiger partial charge in [-0.25, -0.2) is 9.18 Å². The number of halogens is 1. The van der Waals surface area contributed by atoms with E-state index in [1.165, 1.54) is 11.0 Å². The highest BCUT2D eigenvalue weighted by atomic mass is 19.1. The number of carbonyl (C=O) groups excluding carboxylic acids is 3. The summed E-state index contributed by atoms with van der Waals surface area (Å²) in [6.45, 7) is 8.13. The third-order valence-electron chi connectivity index (χ3n) is 8.36. The fraction of sp³-hybridized carbons (Fsp3) is 0.667. The van der Waals surface area contributed by atoms with Gasteiger partial charge in [0.1, 0.15) is 23.5 Å². The molecule has 2 bridgehead atoms. The second kappa shape index (κ2) is 9.78. The van der Waals surface area contributed by atoms with E-state index in [9.17, 15) is 14.4 Å². The van der Waals surface area contributed by atoms with E-state index in [-0.39, 0.29) is 18.4 Å². The van der Waals surface area contributed by atoms with Gasteiger partial charge >= 0.3 is 6.09 Å². The number of likely N-dealkylation sites (tertiary alicyclic amines) is 1. The van der Waals surface area contributed by atoms with Gasteiger partial charge < -0.3 is 26.0 Å². The van der Waals surface area contributed by atoms with Crippen LogP contribution in [0.15, 0.2) is 18.2 Å². The van der Waals surface area contributed by atoms with Crippen molar-refractivity contribution in [2.45, 2.75) is 82.6 Å². The zero-order valence-corrected chi connectivity index (χ0v) is 21.8. The monoisotopic (exact) mass is 515 g/mol. The average molecular weight is 516 g/mol. The summed E-state index contributed by atoms with van der Waals surface area (Å²) in [6.07, 6.45) is 2.86. The largest absolute Gasteiger partial charge is 0.444 e. The Balaban J connectivity index is 1.28. The standard InChI is InChI=1S/C27H38FN5O4/c1-27(2,3)37-26(36)33-19-7-5-16(10-19)23(33)25(35)31-21(24(29)34)11-15-4-6-18(12-20(15)28)32-9-8-17-13-30-14-22(17)32/h4,6,12,16-17,19,21-23,30H,5,7-11,13-14H2,1-3H3,(H2,29,34)(H,31,35)/t16-,17?,19?,21-,22?,23-/m0/s1. The highest BCUT2D eigenvalue weighted by Crippen LogP contribution is 2.43. The summed E-state index contributed by atoms with van der Waals surface area (Å²) in [5.41, 5.74) is 6.07. The normalized spacial score (nSPS) is 29.4. The minimum atomic E-state index is -1.09. The molecule has 6 atom stereocenters. The SMILES string of the molecule is CC(C)(C)OC(=O)N1C2CC[C@@H](C2)[C@H]1C(=O)N[C@@H](Cc1ccc(N2CCC3CNCC32)cc1F)C(N)=O. The third kappa shape index (κ3) is 5.12. The van der Waals surface area contributed by atoms with E-state index in [0.717, 1.165) is 51.0 Å². The molecular formula is C27H38FN5O4. The molecule has 3 heterocycles. The lowest BCUT2D eigenvalue weighted by Crippen LogP contribution is -2.57. The maximum Gasteiger partial charge on any atom is 0.411 e. The van der Waals surface area contributed by atoms with Crippen molar-refractivity contribution in [3.63, 3.8) is 0 Å². The molecule has 37 heavy (non-hydrogen) atoms. The fourth-order valence-corrected chi connectivity index (χ4v) is 6.65. The van der Waals surface area contributed by atoms with Gasteiger partial charge in [-0.1, -0.05) is 6.07 Å². The molecule has 4 N–H and O–H groups in total. The van der Waals surface area contributed by atoms with Crippen molar-refractivity contribution < 1.29 is 23.5 Å². The Morgan fingerprint density at radius 2 is 1.97 bits per heavy atom. The van der Waals surface area contributed by atoms with E-state index in [1.54, 1.807) is 26.8 Å². The molecule has 4 fully saturated rings. The number of ether oxygens (including phenoxy) is 1. The number of fused-ring (bicyclic) bond motifs is 3. The number of hydrogen-bond donors (Lipinski definition) is 3. The minimum absolute atomic E-state index is 0.00331. The predicted molar refractivity (Wildman–Crippen MR) is 136 cm³/mol. The Morgan fingerprint density at radius 3 is 2.68 bits per heavy atom. The highest BCUT2D eigenvalue weighted by molar-refractivity contribution is 5.91. The fourth-order valence-electron chi connectivity index (χ4n) is 6.65. The van der Waals surface area contributed by atoms with Gasteiger partial charge in [-0.3, -0.25) is 14.5 Å². The topological polar surface area (TPSA) is 117 Å². The van der Waals surface area contributed by atoms with E-state index in [4.69, 9.17) is 10.5 Å². The molecule has 1 aliphatic carbocycles. The molecule has 3 aliphatic heterocycles. The van der Waals surface area contributed by atoms with Gasteiger partial charge in [0.05, 0.1) is 0 Å². The Morgan fingerprint density at radius 1 is 1.19 bits per heavy atom. The summed E-state index contributed by atoms with van der Waals surface area (Å²) in [5, 5.41) is 6.12. The van der Waals surface area contributed by atoms with Gasteiger partial charge in [-0.2, -0.15) is 0 Å². The lowest BCUT2D eigenvalue weighted by atomic mass is 9.97. The van der Waals surface area contributed by atoms with Crippen LogP contribution >= 0.6 is 0 Å². The Hall–Kier alpha value is -2.88. The number of hydrogen-bond acceptors (Lipinski definition) is 6. The number of nitrogens with one attached hydrogen (secondary N) is 2. The van der Waals surface area contributed by atoms with Crippen LogP contribution in [0.4, 0.5) is 14.9 Å². The van der Waals surface area contributed by atoms with Crippen LogP contribution in [-0.4, -0.2) is 72.2 Å². The molecule has 0 spiro atoms. The summed E-state index contributed by atoms with van der Waals surface area (Å²) >= 11 is 0. The Bertz CT molecular complexity index is 1080. The molecule has 1 aromatic carbocycles. The van der Waals surface area contributed by atoms with Crippen LogP contribution in [0.3, 0.4) is 0 Å². The molecule has 1 saturated carbocycles. The van der Waals surface area contributed by atoms with Crippen molar-refractivity contribution in [3.8, 4) is 0 Å². The smallest absolute Gasteiger partial charge is 0.411 e. The van der Waals surface area contributed by atoms with Gasteiger partial charge in [0, 0.05) is 43.8 Å². The van der Waals surface area contributed by atoms with Crippen LogP contribution in [0.5, 0.6) is 0 Å². The lowest BCUT2D eigenvalue weighted by molar-refractivity contribution is -0.132. The number of benzene rings is 1. The highest BCUT2D eigenvalue weighted by Gasteiger charge is 2.52. The number of primary amides is 1. The summed E-state index contributed by atoms with van der Waals surface area (Å²) in [7, 11) is 0. The van der Waals surface area contributed by atoms with E-state index in [0.29, 0.717) is 17.5 Å². The number of amides is 3. The lowest BCUT2D eigenvalue weighted by Gasteiger charge is -2.36. The maximum absolute atomic E-state index is 15.2. The van der Waals surface area contributed by atoms with Crippen LogP contribution in [-0.2, 0) is 20.7 Å². The van der Waals surface area contributed by atoms with Crippen LogP contribution in [0, 0.1) is 17.7 Å². The van der Waals surface area contributed by atoms with Crippen molar-refractivity contribution in [3.05, 3.63) is 29.6 Å². The quantitative estimate of drug-likeness (QED) is 0.533. The van der Waals surface area contributed by atoms with Crippen molar-refractivity contribution in [1.82, 2.24) is 15.5 Å². The second-order valence-electron chi connectivity index (χ2n) is 12.0. The van der Waals surface area contributed by atoms with E-state index >= 15 is 4.39 Å². The Kier molecular flexibility index (Phi) is 6.81. The molecule has 202 valence electrons. The zero-order chi connectivity index (χ0) is 26.5. The molecule has 9 nitrogen and oxygen atoms in total. The number of carbonyl (C=O) groups is 3. The van der Waals surface area contributed by atoms with Gasteiger partial charge in [-0.15, -0.1) is 0 Å². The van der Waals surface area contributed by atoms with Crippen LogP contribution in [0.1, 0.15) is 52.0 Å². The summed E-state index contributed by atoms with van der Waals surface area (Å²) in [5.74, 6) is -1.04. The van der Waals surface area contributed by atoms with Crippen molar-refractivity contribution in [2.24, 2.45) is 17.6 Å². The first-order valence-corrected chi connectivity index (χ1v) is 13.4. The van der Waals surface area contributed by atoms with E-state index in [2.05, 4.69) is 15.5 Å².